The van der Waals surface area contributed by atoms with E-state index in [9.17, 15) is 22.5 Å². The number of sulfonamides is 1. The number of ether oxygens (including phenoxy) is 3. The second-order valence-corrected chi connectivity index (χ2v) is 9.75. The van der Waals surface area contributed by atoms with Crippen LogP contribution in [0.3, 0.4) is 0 Å². The molecule has 0 amide bonds. The lowest BCUT2D eigenvalue weighted by Crippen LogP contribution is -2.15. The third-order valence-corrected chi connectivity index (χ3v) is 6.15. The molecule has 3 N–H and O–H groups in total. The Balaban J connectivity index is 1.73. The fourth-order valence-corrected chi connectivity index (χ4v) is 3.91. The van der Waals surface area contributed by atoms with Gasteiger partial charge in [-0.15, -0.1) is 5.10 Å². The van der Waals surface area contributed by atoms with Gasteiger partial charge in [0.1, 0.15) is 28.8 Å². The van der Waals surface area contributed by atoms with Crippen molar-refractivity contribution in [1.82, 2.24) is 14.8 Å². The van der Waals surface area contributed by atoms with Crippen LogP contribution in [0, 0.1) is 24.6 Å². The van der Waals surface area contributed by atoms with Gasteiger partial charge in [-0.05, 0) is 43.2 Å². The first-order valence-electron chi connectivity index (χ1n) is 11.4. The summed E-state index contributed by atoms with van der Waals surface area (Å²) < 4.78 is 54.3. The largest absolute Gasteiger partial charge is 0.508 e. The van der Waals surface area contributed by atoms with Crippen LogP contribution in [0.5, 0.6) is 0 Å². The summed E-state index contributed by atoms with van der Waals surface area (Å²) >= 11 is 0. The Labute approximate surface area is 222 Å². The van der Waals surface area contributed by atoms with E-state index in [1.165, 1.54) is 10.7 Å². The molecule has 0 unspecified atom stereocenters. The van der Waals surface area contributed by atoms with Crippen molar-refractivity contribution < 1.29 is 46.9 Å². The van der Waals surface area contributed by atoms with E-state index in [0.29, 0.717) is 5.82 Å². The van der Waals surface area contributed by atoms with Crippen LogP contribution in [-0.4, -0.2) is 66.1 Å². The molecule has 3 aromatic rings. The van der Waals surface area contributed by atoms with Gasteiger partial charge in [0.15, 0.2) is 19.0 Å². The molecule has 0 radical (unpaired) electrons. The van der Waals surface area contributed by atoms with Crippen LogP contribution in [-0.2, 0) is 42.1 Å². The van der Waals surface area contributed by atoms with Crippen molar-refractivity contribution in [1.29, 1.82) is 0 Å². The van der Waals surface area contributed by atoms with Gasteiger partial charge >= 0.3 is 11.2 Å². The van der Waals surface area contributed by atoms with E-state index < -0.39 is 38.6 Å². The predicted octanol–water partition coefficient (Wildman–Crippen LogP) is 2.03. The van der Waals surface area contributed by atoms with Gasteiger partial charge in [0.25, 0.3) is 0 Å². The molecule has 0 aliphatic rings. The number of hydrogen-bond acceptors (Lipinski definition) is 10. The number of primary sulfonamides is 1. The SMILES string of the molecule is Cc1ccc(C)c(Cc2nc(COC(=O)OCCOCCO[N+](=O)O)nn2-c2ccc(S(N)(=O)=O)cc2F)c1. The van der Waals surface area contributed by atoms with Gasteiger partial charge in [-0.25, -0.2) is 37.6 Å². The van der Waals surface area contributed by atoms with Gasteiger partial charge in [0.05, 0.1) is 18.1 Å². The molecule has 0 spiro atoms. The van der Waals surface area contributed by atoms with Gasteiger partial charge in [-0.3, -0.25) is 0 Å². The number of benzene rings is 2. The topological polar surface area (TPSA) is 185 Å². The first kappa shape index (κ1) is 29.4. The minimum atomic E-state index is -4.12. The summed E-state index contributed by atoms with van der Waals surface area (Å²) in [6.07, 6.45) is -0.782. The first-order valence-corrected chi connectivity index (χ1v) is 13.0. The highest BCUT2D eigenvalue weighted by Crippen LogP contribution is 2.22. The van der Waals surface area contributed by atoms with Crippen LogP contribution < -0.4 is 5.14 Å². The molecule has 1 heterocycles. The summed E-state index contributed by atoms with van der Waals surface area (Å²) in [4.78, 5) is 30.3. The third kappa shape index (κ3) is 8.69. The average molecular weight is 569 g/mol. The normalized spacial score (nSPS) is 11.3. The highest BCUT2D eigenvalue weighted by molar-refractivity contribution is 7.89. The van der Waals surface area contributed by atoms with Crippen molar-refractivity contribution in [3.05, 3.63) is 75.5 Å². The maximum absolute atomic E-state index is 15.0. The number of carbonyl (C=O) groups excluding carboxylic acids is 1. The van der Waals surface area contributed by atoms with Crippen LogP contribution >= 0.6 is 0 Å². The van der Waals surface area contributed by atoms with Crippen LogP contribution in [0.4, 0.5) is 9.18 Å². The van der Waals surface area contributed by atoms with Crippen LogP contribution in [0.2, 0.25) is 0 Å². The van der Waals surface area contributed by atoms with Gasteiger partial charge in [0.2, 0.25) is 10.0 Å². The van der Waals surface area contributed by atoms with E-state index in [0.717, 1.165) is 28.8 Å². The molecule has 2 aromatic carbocycles. The van der Waals surface area contributed by atoms with E-state index >= 15 is 0 Å². The lowest BCUT2D eigenvalue weighted by molar-refractivity contribution is -0.975. The summed E-state index contributed by atoms with van der Waals surface area (Å²) in [5.74, 6) is -0.539. The zero-order valence-electron chi connectivity index (χ0n) is 21.1. The van der Waals surface area contributed by atoms with Crippen LogP contribution in [0.15, 0.2) is 41.3 Å². The van der Waals surface area contributed by atoms with Gasteiger partial charge in [0, 0.05) is 6.42 Å². The fraction of sp³-hybridized carbons (Fsp3) is 0.348. The van der Waals surface area contributed by atoms with Crippen LogP contribution in [0.25, 0.3) is 5.69 Å². The Kier molecular flexibility index (Phi) is 9.86. The Morgan fingerprint density at radius 1 is 1.10 bits per heavy atom. The third-order valence-electron chi connectivity index (χ3n) is 5.24. The van der Waals surface area contributed by atoms with Crippen molar-refractivity contribution in [3.8, 4) is 5.69 Å². The number of aromatic nitrogens is 3. The zero-order chi connectivity index (χ0) is 28.6. The minimum Gasteiger partial charge on any atom is -0.432 e. The monoisotopic (exact) mass is 568 g/mol. The minimum absolute atomic E-state index is 0.0244. The highest BCUT2D eigenvalue weighted by Gasteiger charge is 2.19. The molecular formula is C23H27FN5O9S+. The number of nitrogens with two attached hydrogens (primary N) is 1. The second kappa shape index (κ2) is 13.1. The van der Waals surface area contributed by atoms with Gasteiger partial charge < -0.3 is 14.2 Å². The zero-order valence-corrected chi connectivity index (χ0v) is 21.9. The summed E-state index contributed by atoms with van der Waals surface area (Å²) in [7, 11) is -4.12. The fourth-order valence-electron chi connectivity index (χ4n) is 3.38. The molecule has 39 heavy (non-hydrogen) atoms. The van der Waals surface area contributed by atoms with Crippen molar-refractivity contribution in [3.63, 3.8) is 0 Å². The van der Waals surface area contributed by atoms with Crippen molar-refractivity contribution in [2.45, 2.75) is 31.8 Å². The molecule has 0 aliphatic carbocycles. The molecule has 0 fully saturated rings. The van der Waals surface area contributed by atoms with E-state index in [4.69, 9.17) is 24.6 Å². The Morgan fingerprint density at radius 3 is 2.54 bits per heavy atom. The average Bonchev–Trinajstić information content (AvgIpc) is 3.25. The van der Waals surface area contributed by atoms with E-state index in [1.54, 1.807) is 0 Å². The van der Waals surface area contributed by atoms with Gasteiger partial charge in [-0.1, -0.05) is 23.8 Å². The van der Waals surface area contributed by atoms with E-state index in [-0.39, 0.29) is 44.4 Å². The van der Waals surface area contributed by atoms with Gasteiger partial charge in [-0.2, -0.15) is 4.84 Å². The lowest BCUT2D eigenvalue weighted by Gasteiger charge is -2.10. The molecular weight excluding hydrogens is 541 g/mol. The Morgan fingerprint density at radius 2 is 1.85 bits per heavy atom. The summed E-state index contributed by atoms with van der Waals surface area (Å²) in [6.45, 7) is 3.03. The number of halogens is 1. The number of rotatable bonds is 13. The van der Waals surface area contributed by atoms with Crippen molar-refractivity contribution in [2.75, 3.05) is 26.4 Å². The molecule has 0 saturated heterocycles. The Hall–Kier alpha value is -4.15. The maximum Gasteiger partial charge on any atom is 0.508 e. The van der Waals surface area contributed by atoms with E-state index in [1.807, 2.05) is 32.0 Å². The molecule has 210 valence electrons. The maximum atomic E-state index is 15.0. The predicted molar refractivity (Wildman–Crippen MR) is 130 cm³/mol. The lowest BCUT2D eigenvalue weighted by atomic mass is 10.0. The number of hydrogen-bond donors (Lipinski definition) is 2. The van der Waals surface area contributed by atoms with Crippen molar-refractivity contribution >= 4 is 16.2 Å². The van der Waals surface area contributed by atoms with E-state index in [2.05, 4.69) is 14.9 Å². The molecule has 16 heteroatoms. The quantitative estimate of drug-likeness (QED) is 0.175. The number of carbonyl (C=O) groups is 1. The summed E-state index contributed by atoms with van der Waals surface area (Å²) in [5, 5.41) is 16.9. The number of aryl methyl sites for hydroxylation is 2. The molecule has 0 aliphatic heterocycles. The Bertz CT molecular complexity index is 1450. The summed E-state index contributed by atoms with van der Waals surface area (Å²) in [5.41, 5.74) is 2.81. The van der Waals surface area contributed by atoms with Crippen molar-refractivity contribution in [2.24, 2.45) is 5.14 Å². The molecule has 14 nitrogen and oxygen atoms in total. The van der Waals surface area contributed by atoms with Crippen LogP contribution in [0.1, 0.15) is 28.3 Å². The molecule has 0 saturated carbocycles. The second-order valence-electron chi connectivity index (χ2n) is 8.19. The smallest absolute Gasteiger partial charge is 0.432 e. The number of nitrogens with zero attached hydrogens (tertiary/aromatic N) is 4. The highest BCUT2D eigenvalue weighted by atomic mass is 32.2. The first-order chi connectivity index (χ1) is 18.4. The molecule has 0 bridgehead atoms. The standard InChI is InChI=1S/C23H27FN5O9S/c1-15-3-4-16(2)17(11-15)12-22-26-21(14-37-23(30)36-9-7-35-8-10-38-29(31)32)27-28(22)20-6-5-18(13-19(20)24)39(25,33)34/h3-6,11,13H,7-10,12,14H2,1-2H3,(H,31,32)(H2,25,33,34)/q+1. The molecule has 1 aromatic heterocycles. The molecule has 0 atom stereocenters. The summed E-state index contributed by atoms with van der Waals surface area (Å²) in [6, 6.07) is 9.00. The molecule has 3 rings (SSSR count).